The van der Waals surface area contributed by atoms with Crippen LogP contribution < -0.4 is 0 Å². The first kappa shape index (κ1) is 16.1. The minimum Gasteiger partial charge on any atom is -0.439 e. The highest BCUT2D eigenvalue weighted by Crippen LogP contribution is 2.36. The first-order valence-corrected chi connectivity index (χ1v) is 5.93. The SMILES string of the molecule is O=C(OC(C(F)(F)F)C(F)(F)F)c1cccc2ccccc12. The summed E-state index contributed by atoms with van der Waals surface area (Å²) in [4.78, 5) is 11.7. The lowest BCUT2D eigenvalue weighted by Crippen LogP contribution is -2.45. The van der Waals surface area contributed by atoms with E-state index in [-0.39, 0.29) is 10.9 Å². The molecule has 0 saturated heterocycles. The number of halogens is 6. The van der Waals surface area contributed by atoms with E-state index >= 15 is 0 Å². The minimum atomic E-state index is -5.74. The summed E-state index contributed by atoms with van der Waals surface area (Å²) >= 11 is 0. The molecular weight excluding hydrogens is 314 g/mol. The molecule has 2 nitrogen and oxygen atoms in total. The Kier molecular flexibility index (Phi) is 4.04. The Hall–Kier alpha value is -2.25. The molecule has 118 valence electrons. The smallest absolute Gasteiger partial charge is 0.434 e. The number of benzene rings is 2. The number of fused-ring (bicyclic) bond motifs is 1. The second kappa shape index (κ2) is 5.51. The Balaban J connectivity index is 2.38. The van der Waals surface area contributed by atoms with Gasteiger partial charge in [-0.15, -0.1) is 0 Å². The van der Waals surface area contributed by atoms with Crippen LogP contribution in [0, 0.1) is 0 Å². The maximum Gasteiger partial charge on any atom is 0.434 e. The fourth-order valence-electron chi connectivity index (χ4n) is 1.89. The molecule has 0 aliphatic carbocycles. The number of hydrogen-bond acceptors (Lipinski definition) is 2. The zero-order chi connectivity index (χ0) is 16.5. The lowest BCUT2D eigenvalue weighted by Gasteiger charge is -2.23. The van der Waals surface area contributed by atoms with Gasteiger partial charge in [0.15, 0.2) is 0 Å². The second-order valence-electron chi connectivity index (χ2n) is 4.40. The normalized spacial score (nSPS) is 12.7. The van der Waals surface area contributed by atoms with Crippen LogP contribution in [0.25, 0.3) is 10.8 Å². The Morgan fingerprint density at radius 3 is 2.00 bits per heavy atom. The molecule has 0 unspecified atom stereocenters. The predicted molar refractivity (Wildman–Crippen MR) is 65.3 cm³/mol. The Labute approximate surface area is 120 Å². The summed E-state index contributed by atoms with van der Waals surface area (Å²) in [5.74, 6) is -1.68. The van der Waals surface area contributed by atoms with Crippen LogP contribution in [0.4, 0.5) is 26.3 Å². The molecule has 0 aliphatic heterocycles. The van der Waals surface area contributed by atoms with Gasteiger partial charge >= 0.3 is 18.3 Å². The van der Waals surface area contributed by atoms with E-state index in [0.717, 1.165) is 6.07 Å². The molecule has 0 N–H and O–H groups in total. The highest BCUT2D eigenvalue weighted by molar-refractivity contribution is 6.04. The van der Waals surface area contributed by atoms with E-state index in [0.29, 0.717) is 5.39 Å². The third kappa shape index (κ3) is 3.32. The van der Waals surface area contributed by atoms with E-state index in [1.165, 1.54) is 18.2 Å². The van der Waals surface area contributed by atoms with Crippen LogP contribution in [-0.4, -0.2) is 24.4 Å². The molecule has 0 atom stereocenters. The van der Waals surface area contributed by atoms with Crippen molar-refractivity contribution in [1.29, 1.82) is 0 Å². The maximum absolute atomic E-state index is 12.4. The van der Waals surface area contributed by atoms with E-state index in [1.54, 1.807) is 18.2 Å². The van der Waals surface area contributed by atoms with Crippen LogP contribution in [0.1, 0.15) is 10.4 Å². The Morgan fingerprint density at radius 1 is 0.864 bits per heavy atom. The van der Waals surface area contributed by atoms with Crippen LogP contribution in [0.5, 0.6) is 0 Å². The van der Waals surface area contributed by atoms with Gasteiger partial charge in [0.05, 0.1) is 5.56 Å². The third-order valence-electron chi connectivity index (χ3n) is 2.83. The van der Waals surface area contributed by atoms with Gasteiger partial charge in [-0.1, -0.05) is 36.4 Å². The number of ether oxygens (including phenoxy) is 1. The summed E-state index contributed by atoms with van der Waals surface area (Å²) in [6.45, 7) is 0. The molecule has 2 rings (SSSR count). The molecule has 0 aromatic heterocycles. The summed E-state index contributed by atoms with van der Waals surface area (Å²) < 4.78 is 78.1. The molecule has 0 fully saturated rings. The van der Waals surface area contributed by atoms with Crippen molar-refractivity contribution in [3.05, 3.63) is 48.0 Å². The summed E-state index contributed by atoms with van der Waals surface area (Å²) in [7, 11) is 0. The lowest BCUT2D eigenvalue weighted by molar-refractivity contribution is -0.307. The van der Waals surface area contributed by atoms with Crippen LogP contribution in [0.3, 0.4) is 0 Å². The largest absolute Gasteiger partial charge is 0.439 e. The highest BCUT2D eigenvalue weighted by Gasteiger charge is 2.60. The van der Waals surface area contributed by atoms with E-state index in [2.05, 4.69) is 4.74 Å². The van der Waals surface area contributed by atoms with Gasteiger partial charge in [0, 0.05) is 0 Å². The highest BCUT2D eigenvalue weighted by atomic mass is 19.4. The summed E-state index contributed by atoms with van der Waals surface area (Å²) in [6.07, 6.45) is -15.6. The molecule has 8 heteroatoms. The average molecular weight is 322 g/mol. The van der Waals surface area contributed by atoms with E-state index in [1.807, 2.05) is 0 Å². The van der Waals surface area contributed by atoms with Crippen molar-refractivity contribution in [2.45, 2.75) is 18.5 Å². The average Bonchev–Trinajstić information content (AvgIpc) is 2.41. The summed E-state index contributed by atoms with van der Waals surface area (Å²) in [5.41, 5.74) is -0.364. The van der Waals surface area contributed by atoms with E-state index in [9.17, 15) is 31.1 Å². The molecule has 0 radical (unpaired) electrons. The van der Waals surface area contributed by atoms with Gasteiger partial charge < -0.3 is 4.74 Å². The fourth-order valence-corrected chi connectivity index (χ4v) is 1.89. The van der Waals surface area contributed by atoms with Crippen LogP contribution in [-0.2, 0) is 4.74 Å². The predicted octanol–water partition coefficient (Wildman–Crippen LogP) is 4.49. The lowest BCUT2D eigenvalue weighted by atomic mass is 10.0. The zero-order valence-electron chi connectivity index (χ0n) is 10.7. The van der Waals surface area contributed by atoms with Gasteiger partial charge in [0.2, 0.25) is 0 Å². The molecule has 22 heavy (non-hydrogen) atoms. The van der Waals surface area contributed by atoms with Crippen molar-refractivity contribution >= 4 is 16.7 Å². The van der Waals surface area contributed by atoms with E-state index < -0.39 is 24.4 Å². The number of hydrogen-bond donors (Lipinski definition) is 0. The molecule has 0 amide bonds. The van der Waals surface area contributed by atoms with Gasteiger partial charge in [-0.2, -0.15) is 26.3 Å². The van der Waals surface area contributed by atoms with Gasteiger partial charge in [-0.25, -0.2) is 4.79 Å². The number of esters is 1. The number of carbonyl (C=O) groups is 1. The van der Waals surface area contributed by atoms with Gasteiger partial charge in [0.25, 0.3) is 6.10 Å². The molecule has 0 spiro atoms. The summed E-state index contributed by atoms with van der Waals surface area (Å²) in [5, 5.41) is 0.700. The fraction of sp³-hybridized carbons (Fsp3) is 0.214. The van der Waals surface area contributed by atoms with Crippen LogP contribution >= 0.6 is 0 Å². The van der Waals surface area contributed by atoms with Gasteiger partial charge in [0.1, 0.15) is 0 Å². The second-order valence-corrected chi connectivity index (χ2v) is 4.40. The Bertz CT molecular complexity index is 670. The van der Waals surface area contributed by atoms with Crippen molar-refractivity contribution in [3.8, 4) is 0 Å². The van der Waals surface area contributed by atoms with Crippen molar-refractivity contribution in [1.82, 2.24) is 0 Å². The molecule has 0 aliphatic rings. The molecule has 2 aromatic carbocycles. The molecule has 2 aromatic rings. The van der Waals surface area contributed by atoms with Crippen molar-refractivity contribution < 1.29 is 35.9 Å². The maximum atomic E-state index is 12.4. The summed E-state index contributed by atoms with van der Waals surface area (Å²) in [6, 6.07) is 10.1. The molecular formula is C14H8F6O2. The zero-order valence-corrected chi connectivity index (χ0v) is 10.7. The monoisotopic (exact) mass is 322 g/mol. The van der Waals surface area contributed by atoms with Crippen molar-refractivity contribution in [2.24, 2.45) is 0 Å². The minimum absolute atomic E-state index is 0.207. The third-order valence-corrected chi connectivity index (χ3v) is 2.83. The van der Waals surface area contributed by atoms with Gasteiger partial charge in [-0.3, -0.25) is 0 Å². The topological polar surface area (TPSA) is 26.3 Å². The van der Waals surface area contributed by atoms with Crippen LogP contribution in [0.2, 0.25) is 0 Å². The molecule has 0 saturated carbocycles. The number of alkyl halides is 6. The quantitative estimate of drug-likeness (QED) is 0.601. The standard InChI is InChI=1S/C14H8F6O2/c15-13(16,17)12(14(18,19)20)22-11(21)10-7-3-5-8-4-1-2-6-9(8)10/h1-7,12H. The van der Waals surface area contributed by atoms with Crippen molar-refractivity contribution in [3.63, 3.8) is 0 Å². The number of carbonyl (C=O) groups excluding carboxylic acids is 1. The van der Waals surface area contributed by atoms with Crippen LogP contribution in [0.15, 0.2) is 42.5 Å². The molecule has 0 heterocycles. The van der Waals surface area contributed by atoms with Crippen molar-refractivity contribution in [2.75, 3.05) is 0 Å². The number of rotatable bonds is 2. The Morgan fingerprint density at radius 2 is 1.41 bits per heavy atom. The first-order valence-electron chi connectivity index (χ1n) is 5.93. The van der Waals surface area contributed by atoms with Gasteiger partial charge in [-0.05, 0) is 16.8 Å². The first-order chi connectivity index (χ1) is 10.1. The molecule has 0 bridgehead atoms. The van der Waals surface area contributed by atoms with E-state index in [4.69, 9.17) is 0 Å².